The Bertz CT molecular complexity index is 1020. The third kappa shape index (κ3) is 4.36. The minimum atomic E-state index is -0.274. The fraction of sp³-hybridized carbons (Fsp3) is 0.429. The molecular weight excluding hydrogens is 402 g/mol. The average Bonchev–Trinajstić information content (AvgIpc) is 3.45. The second kappa shape index (κ2) is 8.16. The van der Waals surface area contributed by atoms with Crippen LogP contribution in [0.4, 0.5) is 0 Å². The molecule has 4 rings (SSSR count). The molecule has 1 aliphatic heterocycles. The fourth-order valence-corrected chi connectivity index (χ4v) is 4.18. The first-order valence-electron chi connectivity index (χ1n) is 9.82. The van der Waals surface area contributed by atoms with E-state index in [1.54, 1.807) is 29.5 Å². The second-order valence-corrected chi connectivity index (χ2v) is 9.22. The maximum Gasteiger partial charge on any atom is 0.257 e. The van der Waals surface area contributed by atoms with Crippen molar-refractivity contribution in [1.82, 2.24) is 20.1 Å². The molecule has 1 aliphatic rings. The summed E-state index contributed by atoms with van der Waals surface area (Å²) >= 11 is 1.63. The van der Waals surface area contributed by atoms with E-state index in [-0.39, 0.29) is 24.0 Å². The number of hydrogen-bond acceptors (Lipinski definition) is 8. The molecule has 9 heteroatoms. The minimum absolute atomic E-state index is 0.0823. The summed E-state index contributed by atoms with van der Waals surface area (Å²) in [5, 5.41) is 16.2. The van der Waals surface area contributed by atoms with Crippen LogP contribution in [0.15, 0.2) is 49.8 Å². The van der Waals surface area contributed by atoms with E-state index in [4.69, 9.17) is 8.83 Å². The molecule has 0 N–H and O–H groups in total. The summed E-state index contributed by atoms with van der Waals surface area (Å²) in [5.41, 5.74) is 0.505. The van der Waals surface area contributed by atoms with Gasteiger partial charge in [-0.3, -0.25) is 9.69 Å². The van der Waals surface area contributed by atoms with Crippen molar-refractivity contribution in [2.24, 2.45) is 5.10 Å². The Hall–Kier alpha value is -2.78. The van der Waals surface area contributed by atoms with Crippen molar-refractivity contribution in [1.29, 1.82) is 0 Å². The van der Waals surface area contributed by atoms with E-state index >= 15 is 0 Å². The summed E-state index contributed by atoms with van der Waals surface area (Å²) in [6, 6.07) is 7.60. The van der Waals surface area contributed by atoms with E-state index < -0.39 is 0 Å². The van der Waals surface area contributed by atoms with Crippen LogP contribution in [0.25, 0.3) is 0 Å². The second-order valence-electron chi connectivity index (χ2n) is 8.24. The van der Waals surface area contributed by atoms with Crippen molar-refractivity contribution in [2.45, 2.75) is 52.2 Å². The summed E-state index contributed by atoms with van der Waals surface area (Å²) in [6.07, 6.45) is 2.24. The van der Waals surface area contributed by atoms with Crippen LogP contribution in [0.5, 0.6) is 0 Å². The van der Waals surface area contributed by atoms with Gasteiger partial charge in [0.2, 0.25) is 11.8 Å². The van der Waals surface area contributed by atoms with Gasteiger partial charge in [0.1, 0.15) is 11.5 Å². The Balaban J connectivity index is 1.57. The molecule has 0 bridgehead atoms. The van der Waals surface area contributed by atoms with Gasteiger partial charge in [0.05, 0.1) is 25.4 Å². The number of aryl methyl sites for hydroxylation is 1. The lowest BCUT2D eigenvalue weighted by molar-refractivity contribution is -0.135. The summed E-state index contributed by atoms with van der Waals surface area (Å²) in [4.78, 5) is 16.5. The number of carbonyl (C=O) groups is 1. The molecule has 0 radical (unpaired) electrons. The SMILES string of the molecule is Cc1nnc(CN(CC(=O)N2N=C(c3ccco3)C[C@H]2c2cccs2)C(C)(C)C)o1. The van der Waals surface area contributed by atoms with E-state index in [1.165, 1.54) is 0 Å². The van der Waals surface area contributed by atoms with Crippen molar-refractivity contribution < 1.29 is 13.6 Å². The number of aromatic nitrogens is 2. The molecule has 158 valence electrons. The van der Waals surface area contributed by atoms with Gasteiger partial charge in [0.15, 0.2) is 0 Å². The van der Waals surface area contributed by atoms with Crippen LogP contribution >= 0.6 is 11.3 Å². The Morgan fingerprint density at radius 1 is 1.30 bits per heavy atom. The molecule has 0 saturated heterocycles. The highest BCUT2D eigenvalue weighted by atomic mass is 32.1. The van der Waals surface area contributed by atoms with E-state index in [1.807, 2.05) is 34.5 Å². The third-order valence-electron chi connectivity index (χ3n) is 5.01. The van der Waals surface area contributed by atoms with Gasteiger partial charge in [-0.15, -0.1) is 21.5 Å². The molecule has 1 amide bonds. The van der Waals surface area contributed by atoms with Crippen molar-refractivity contribution in [3.8, 4) is 0 Å². The molecule has 3 aromatic rings. The fourth-order valence-electron chi connectivity index (χ4n) is 3.37. The molecule has 0 aromatic carbocycles. The van der Waals surface area contributed by atoms with Crippen LogP contribution in [-0.4, -0.2) is 43.8 Å². The zero-order valence-electron chi connectivity index (χ0n) is 17.5. The smallest absolute Gasteiger partial charge is 0.257 e. The summed E-state index contributed by atoms with van der Waals surface area (Å²) < 4.78 is 11.1. The number of hydrazone groups is 1. The highest BCUT2D eigenvalue weighted by Crippen LogP contribution is 2.35. The lowest BCUT2D eigenvalue weighted by atomic mass is 10.1. The molecule has 1 atom stereocenters. The lowest BCUT2D eigenvalue weighted by Gasteiger charge is -2.35. The van der Waals surface area contributed by atoms with Gasteiger partial charge in [-0.25, -0.2) is 5.01 Å². The highest BCUT2D eigenvalue weighted by Gasteiger charge is 2.36. The summed E-state index contributed by atoms with van der Waals surface area (Å²) in [7, 11) is 0. The van der Waals surface area contributed by atoms with Crippen molar-refractivity contribution in [3.63, 3.8) is 0 Å². The van der Waals surface area contributed by atoms with E-state index in [2.05, 4.69) is 36.1 Å². The number of carbonyl (C=O) groups excluding carboxylic acids is 1. The van der Waals surface area contributed by atoms with Gasteiger partial charge in [-0.1, -0.05) is 6.07 Å². The normalized spacial score (nSPS) is 17.0. The van der Waals surface area contributed by atoms with Crippen LogP contribution in [0.3, 0.4) is 0 Å². The number of thiophene rings is 1. The average molecular weight is 428 g/mol. The van der Waals surface area contributed by atoms with Crippen LogP contribution in [0.1, 0.15) is 55.7 Å². The van der Waals surface area contributed by atoms with Crippen LogP contribution in [-0.2, 0) is 11.3 Å². The standard InChI is InChI=1S/C21H25N5O3S/c1-14-22-23-19(29-14)12-25(21(2,3)4)13-20(27)26-16(18-8-6-10-30-18)11-15(24-26)17-7-5-9-28-17/h5-10,16H,11-13H2,1-4H3/t16-/m0/s1. The number of hydrogen-bond donors (Lipinski definition) is 0. The molecule has 0 unspecified atom stereocenters. The first-order chi connectivity index (χ1) is 14.3. The monoisotopic (exact) mass is 427 g/mol. The number of rotatable bonds is 6. The summed E-state index contributed by atoms with van der Waals surface area (Å²) in [6.45, 7) is 8.50. The van der Waals surface area contributed by atoms with E-state index in [9.17, 15) is 4.79 Å². The van der Waals surface area contributed by atoms with Gasteiger partial charge in [0, 0.05) is 23.8 Å². The topological polar surface area (TPSA) is 88.0 Å². The van der Waals surface area contributed by atoms with Gasteiger partial charge in [0.25, 0.3) is 5.91 Å². The molecule has 0 spiro atoms. The van der Waals surface area contributed by atoms with Gasteiger partial charge in [-0.05, 0) is 44.4 Å². The molecule has 4 heterocycles. The van der Waals surface area contributed by atoms with Gasteiger partial charge >= 0.3 is 0 Å². The van der Waals surface area contributed by atoms with Crippen molar-refractivity contribution >= 4 is 23.0 Å². The zero-order chi connectivity index (χ0) is 21.3. The largest absolute Gasteiger partial charge is 0.463 e. The van der Waals surface area contributed by atoms with E-state index in [0.29, 0.717) is 30.5 Å². The van der Waals surface area contributed by atoms with Crippen molar-refractivity contribution in [2.75, 3.05) is 6.54 Å². The highest BCUT2D eigenvalue weighted by molar-refractivity contribution is 7.10. The number of amides is 1. The predicted molar refractivity (Wildman–Crippen MR) is 113 cm³/mol. The first kappa shape index (κ1) is 20.5. The zero-order valence-corrected chi connectivity index (χ0v) is 18.3. The van der Waals surface area contributed by atoms with Crippen LogP contribution < -0.4 is 0 Å². The first-order valence-corrected chi connectivity index (χ1v) is 10.7. The number of furan rings is 1. The number of nitrogens with zero attached hydrogens (tertiary/aromatic N) is 5. The van der Waals surface area contributed by atoms with E-state index in [0.717, 1.165) is 10.6 Å². The van der Waals surface area contributed by atoms with Crippen LogP contribution in [0, 0.1) is 6.92 Å². The minimum Gasteiger partial charge on any atom is -0.463 e. The maximum absolute atomic E-state index is 13.4. The summed E-state index contributed by atoms with van der Waals surface area (Å²) in [5.74, 6) is 1.61. The Kier molecular flexibility index (Phi) is 5.57. The molecule has 30 heavy (non-hydrogen) atoms. The molecule has 0 fully saturated rings. The maximum atomic E-state index is 13.4. The Labute approximate surface area is 179 Å². The van der Waals surface area contributed by atoms with Crippen molar-refractivity contribution in [3.05, 3.63) is 58.3 Å². The molecule has 8 nitrogen and oxygen atoms in total. The predicted octanol–water partition coefficient (Wildman–Crippen LogP) is 4.01. The molecule has 3 aromatic heterocycles. The third-order valence-corrected chi connectivity index (χ3v) is 5.99. The van der Waals surface area contributed by atoms with Gasteiger partial charge in [-0.2, -0.15) is 5.10 Å². The Morgan fingerprint density at radius 2 is 2.13 bits per heavy atom. The molecular formula is C21H25N5O3S. The van der Waals surface area contributed by atoms with Gasteiger partial charge < -0.3 is 8.83 Å². The van der Waals surface area contributed by atoms with Crippen LogP contribution in [0.2, 0.25) is 0 Å². The quantitative estimate of drug-likeness (QED) is 0.591. The molecule has 0 aliphatic carbocycles. The lowest BCUT2D eigenvalue weighted by Crippen LogP contribution is -2.47. The molecule has 0 saturated carbocycles. The Morgan fingerprint density at radius 3 is 2.73 bits per heavy atom.